The largest absolute Gasteiger partial charge is 0.494 e. The monoisotopic (exact) mass is 519 g/mol. The van der Waals surface area contributed by atoms with Gasteiger partial charge in [-0.25, -0.2) is 0 Å². The number of hydrogen-bond donors (Lipinski definition) is 2. The molecule has 0 aliphatic heterocycles. The van der Waals surface area contributed by atoms with Crippen LogP contribution in [0, 0.1) is 35.0 Å². The smallest absolute Gasteiger partial charge is 0.155 e. The van der Waals surface area contributed by atoms with Crippen LogP contribution >= 0.6 is 0 Å². The van der Waals surface area contributed by atoms with Gasteiger partial charge in [0.2, 0.25) is 0 Å². The molecule has 5 aliphatic carbocycles. The summed E-state index contributed by atoms with van der Waals surface area (Å²) in [6, 6.07) is 9.77. The van der Waals surface area contributed by atoms with Crippen LogP contribution in [0.5, 0.6) is 5.75 Å². The summed E-state index contributed by atoms with van der Waals surface area (Å²) < 4.78 is 6.44. The van der Waals surface area contributed by atoms with Crippen molar-refractivity contribution >= 4 is 5.78 Å². The molecule has 2 N–H and O–H groups in total. The highest BCUT2D eigenvalue weighted by Gasteiger charge is 2.59. The first-order valence-corrected chi connectivity index (χ1v) is 15.9. The number of aliphatic hydroxyl groups is 1. The van der Waals surface area contributed by atoms with E-state index in [4.69, 9.17) is 4.74 Å². The Morgan fingerprint density at radius 2 is 1.97 bits per heavy atom. The predicted molar refractivity (Wildman–Crippen MR) is 152 cm³/mol. The van der Waals surface area contributed by atoms with Gasteiger partial charge in [0.1, 0.15) is 5.75 Å². The van der Waals surface area contributed by atoms with Crippen molar-refractivity contribution < 1.29 is 14.6 Å². The molecule has 0 saturated heterocycles. The molecule has 4 heteroatoms. The molecule has 6 rings (SSSR count). The first-order valence-electron chi connectivity index (χ1n) is 15.9. The summed E-state index contributed by atoms with van der Waals surface area (Å²) in [4.78, 5) is 12.1. The number of hydrogen-bond acceptors (Lipinski definition) is 4. The van der Waals surface area contributed by atoms with Gasteiger partial charge >= 0.3 is 0 Å². The zero-order chi connectivity index (χ0) is 26.3. The fourth-order valence-corrected chi connectivity index (χ4v) is 9.86. The van der Waals surface area contributed by atoms with Crippen LogP contribution in [0.2, 0.25) is 0 Å². The topological polar surface area (TPSA) is 58.6 Å². The Morgan fingerprint density at radius 3 is 2.79 bits per heavy atom. The van der Waals surface area contributed by atoms with Crippen molar-refractivity contribution in [1.29, 1.82) is 0 Å². The summed E-state index contributed by atoms with van der Waals surface area (Å²) in [5.41, 5.74) is 2.77. The molecule has 1 aromatic rings. The molecular formula is C34H49NO3. The second-order valence-corrected chi connectivity index (χ2v) is 13.5. The molecule has 0 aromatic heterocycles. The van der Waals surface area contributed by atoms with Crippen molar-refractivity contribution in [1.82, 2.24) is 5.32 Å². The van der Waals surface area contributed by atoms with Crippen LogP contribution in [0.1, 0.15) is 109 Å². The zero-order valence-corrected chi connectivity index (χ0v) is 23.7. The lowest BCUT2D eigenvalue weighted by Gasteiger charge is -2.56. The van der Waals surface area contributed by atoms with Crippen LogP contribution in [0.25, 0.3) is 0 Å². The number of carbonyl (C=O) groups is 1. The third kappa shape index (κ3) is 4.89. The Bertz CT molecular complexity index is 1030. The van der Waals surface area contributed by atoms with Gasteiger partial charge in [-0.3, -0.25) is 4.79 Å². The van der Waals surface area contributed by atoms with Gasteiger partial charge < -0.3 is 15.2 Å². The van der Waals surface area contributed by atoms with E-state index in [0.717, 1.165) is 57.1 Å². The van der Waals surface area contributed by atoms with Crippen LogP contribution in [0.4, 0.5) is 0 Å². The number of carbonyl (C=O) groups excluding carboxylic acids is 1. The van der Waals surface area contributed by atoms with Crippen LogP contribution in [-0.2, 0) is 4.79 Å². The van der Waals surface area contributed by atoms with E-state index in [1.54, 1.807) is 0 Å². The highest BCUT2D eigenvalue weighted by molar-refractivity contribution is 5.91. The molecule has 0 radical (unpaired) electrons. The van der Waals surface area contributed by atoms with Gasteiger partial charge in [0.25, 0.3) is 0 Å². The maximum Gasteiger partial charge on any atom is 0.155 e. The molecule has 0 heterocycles. The molecule has 38 heavy (non-hydrogen) atoms. The van der Waals surface area contributed by atoms with Crippen LogP contribution in [0.3, 0.4) is 0 Å². The van der Waals surface area contributed by atoms with Crippen molar-refractivity contribution in [2.24, 2.45) is 35.0 Å². The van der Waals surface area contributed by atoms with Gasteiger partial charge in [-0.15, -0.1) is 0 Å². The average Bonchev–Trinajstić information content (AvgIpc) is 3.55. The Labute approximate surface area is 230 Å². The molecule has 4 saturated carbocycles. The van der Waals surface area contributed by atoms with Crippen molar-refractivity contribution in [3.05, 3.63) is 41.5 Å². The van der Waals surface area contributed by atoms with E-state index < -0.39 is 0 Å². The SMILES string of the molecule is CCC(NC1CCCC1)c1cccc(OCC[C@]23CCC4C5CCC(=O)C=C5C[C@@H](C)C4C2CC[C@@H]3O)c1. The van der Waals surface area contributed by atoms with Crippen molar-refractivity contribution in [2.45, 2.75) is 116 Å². The molecule has 8 atom stereocenters. The maximum atomic E-state index is 12.1. The summed E-state index contributed by atoms with van der Waals surface area (Å²) in [5.74, 6) is 4.46. The van der Waals surface area contributed by atoms with E-state index in [1.807, 2.05) is 6.08 Å². The van der Waals surface area contributed by atoms with Gasteiger partial charge in [0.05, 0.1) is 12.7 Å². The number of nitrogens with one attached hydrogen (secondary N) is 1. The van der Waals surface area contributed by atoms with Crippen LogP contribution < -0.4 is 10.1 Å². The highest BCUT2D eigenvalue weighted by Crippen LogP contribution is 2.64. The molecule has 0 amide bonds. The van der Waals surface area contributed by atoms with Crippen molar-refractivity contribution in [3.8, 4) is 5.75 Å². The number of aliphatic hydroxyl groups excluding tert-OH is 1. The summed E-state index contributed by atoms with van der Waals surface area (Å²) in [6.45, 7) is 5.37. The summed E-state index contributed by atoms with van der Waals surface area (Å²) in [6.07, 6.45) is 16.4. The number of fused-ring (bicyclic) bond motifs is 5. The lowest BCUT2D eigenvalue weighted by atomic mass is 9.48. The van der Waals surface area contributed by atoms with E-state index in [9.17, 15) is 9.90 Å². The van der Waals surface area contributed by atoms with Crippen LogP contribution in [0.15, 0.2) is 35.9 Å². The molecule has 0 bridgehead atoms. The van der Waals surface area contributed by atoms with Crippen molar-refractivity contribution in [2.75, 3.05) is 6.61 Å². The molecule has 4 nitrogen and oxygen atoms in total. The Hall–Kier alpha value is -1.65. The summed E-state index contributed by atoms with van der Waals surface area (Å²) in [5, 5.41) is 15.3. The normalized spacial score (nSPS) is 37.8. The molecular weight excluding hydrogens is 470 g/mol. The van der Waals surface area contributed by atoms with E-state index in [2.05, 4.69) is 43.4 Å². The molecule has 208 valence electrons. The number of benzene rings is 1. The molecule has 5 unspecified atom stereocenters. The van der Waals surface area contributed by atoms with E-state index in [1.165, 1.54) is 43.2 Å². The van der Waals surface area contributed by atoms with Gasteiger partial charge in [-0.2, -0.15) is 0 Å². The van der Waals surface area contributed by atoms with Crippen LogP contribution in [-0.4, -0.2) is 29.6 Å². The zero-order valence-electron chi connectivity index (χ0n) is 23.7. The fraction of sp³-hybridized carbons (Fsp3) is 0.735. The predicted octanol–water partition coefficient (Wildman–Crippen LogP) is 7.17. The number of allylic oxidation sites excluding steroid dienone is 1. The fourth-order valence-electron chi connectivity index (χ4n) is 9.86. The quantitative estimate of drug-likeness (QED) is 0.382. The molecule has 0 spiro atoms. The third-order valence-electron chi connectivity index (χ3n) is 11.6. The van der Waals surface area contributed by atoms with E-state index >= 15 is 0 Å². The minimum atomic E-state index is -0.208. The Morgan fingerprint density at radius 1 is 1.13 bits per heavy atom. The number of rotatable bonds is 8. The lowest BCUT2D eigenvalue weighted by molar-refractivity contribution is -0.117. The minimum Gasteiger partial charge on any atom is -0.494 e. The standard InChI is InChI=1S/C34H49NO3/c1-3-31(35-25-8-4-5-9-25)23-7-6-10-27(21-23)38-18-17-34-16-15-29-28-12-11-26(36)20-24(28)19-22(2)33(29)30(34)13-14-32(34)37/h6-7,10,20-22,25,28-33,35,37H,3-5,8-9,11-19H2,1-2H3/t22-,28?,29?,30?,31?,32+,33?,34-/m1/s1. The highest BCUT2D eigenvalue weighted by atomic mass is 16.5. The Kier molecular flexibility index (Phi) is 7.75. The second-order valence-electron chi connectivity index (χ2n) is 13.5. The average molecular weight is 520 g/mol. The van der Waals surface area contributed by atoms with Gasteiger partial charge in [-0.05, 0) is 118 Å². The van der Waals surface area contributed by atoms with E-state index in [-0.39, 0.29) is 11.5 Å². The third-order valence-corrected chi connectivity index (χ3v) is 11.6. The van der Waals surface area contributed by atoms with E-state index in [0.29, 0.717) is 54.1 Å². The Balaban J connectivity index is 1.13. The van der Waals surface area contributed by atoms with Crippen molar-refractivity contribution in [3.63, 3.8) is 0 Å². The minimum absolute atomic E-state index is 0.00523. The first-order chi connectivity index (χ1) is 18.5. The first kappa shape index (κ1) is 26.6. The number of ether oxygens (including phenoxy) is 1. The van der Waals surface area contributed by atoms with Gasteiger partial charge in [0, 0.05) is 23.9 Å². The number of ketones is 1. The molecule has 5 aliphatic rings. The summed E-state index contributed by atoms with van der Waals surface area (Å²) >= 11 is 0. The van der Waals surface area contributed by atoms with Gasteiger partial charge in [0.15, 0.2) is 5.78 Å². The lowest BCUT2D eigenvalue weighted by Crippen LogP contribution is -2.51. The summed E-state index contributed by atoms with van der Waals surface area (Å²) in [7, 11) is 0. The second kappa shape index (κ2) is 11.1. The van der Waals surface area contributed by atoms with Gasteiger partial charge in [-0.1, -0.05) is 44.4 Å². The molecule has 4 fully saturated rings. The molecule has 1 aromatic carbocycles. The maximum absolute atomic E-state index is 12.1.